The fraction of sp³-hybridized carbons (Fsp3) is 0.462. The second kappa shape index (κ2) is 6.14. The van der Waals surface area contributed by atoms with Gasteiger partial charge in [0.05, 0.1) is 0 Å². The van der Waals surface area contributed by atoms with Crippen LogP contribution in [0.2, 0.25) is 0 Å². The lowest BCUT2D eigenvalue weighted by Gasteiger charge is -2.29. The molecule has 0 saturated carbocycles. The van der Waals surface area contributed by atoms with Crippen LogP contribution in [-0.4, -0.2) is 17.3 Å². The minimum absolute atomic E-state index is 0.100. The van der Waals surface area contributed by atoms with Crippen LogP contribution < -0.4 is 5.32 Å². The van der Waals surface area contributed by atoms with Gasteiger partial charge in [0.1, 0.15) is 0 Å². The van der Waals surface area contributed by atoms with Crippen LogP contribution in [0.4, 0.5) is 8.78 Å². The first kappa shape index (κ1) is 14.9. The molecule has 0 aromatic heterocycles. The molecule has 0 spiro atoms. The third kappa shape index (κ3) is 3.67. The van der Waals surface area contributed by atoms with Gasteiger partial charge in [0.15, 0.2) is 11.6 Å². The van der Waals surface area contributed by atoms with Crippen molar-refractivity contribution < 1.29 is 13.6 Å². The van der Waals surface area contributed by atoms with E-state index in [0.717, 1.165) is 12.1 Å². The molecule has 0 radical (unpaired) electrons. The van der Waals surface area contributed by atoms with Gasteiger partial charge in [-0.3, -0.25) is 4.79 Å². The Morgan fingerprint density at radius 1 is 1.39 bits per heavy atom. The molecule has 0 fully saturated rings. The Bertz CT molecular complexity index is 439. The van der Waals surface area contributed by atoms with Crippen LogP contribution in [0, 0.1) is 11.6 Å². The molecule has 1 aromatic rings. The number of carbonyl (C=O) groups excluding carboxylic acids is 1. The summed E-state index contributed by atoms with van der Waals surface area (Å²) in [5.74, 6) is -2.00. The van der Waals surface area contributed by atoms with Crippen LogP contribution in [0.3, 0.4) is 0 Å². The van der Waals surface area contributed by atoms with Crippen LogP contribution in [0.5, 0.6) is 0 Å². The van der Waals surface area contributed by atoms with Gasteiger partial charge in [0.2, 0.25) is 0 Å². The van der Waals surface area contributed by atoms with Gasteiger partial charge in [0.25, 0.3) is 5.91 Å². The molecule has 0 aliphatic heterocycles. The van der Waals surface area contributed by atoms with Crippen LogP contribution in [0.15, 0.2) is 18.2 Å². The molecule has 0 heterocycles. The van der Waals surface area contributed by atoms with Crippen molar-refractivity contribution in [3.63, 3.8) is 0 Å². The summed E-state index contributed by atoms with van der Waals surface area (Å²) in [6.45, 7) is 3.80. The summed E-state index contributed by atoms with van der Waals surface area (Å²) >= 11 is 5.68. The Morgan fingerprint density at radius 3 is 2.56 bits per heavy atom. The van der Waals surface area contributed by atoms with E-state index in [4.69, 9.17) is 11.6 Å². The highest BCUT2D eigenvalue weighted by Gasteiger charge is 2.24. The van der Waals surface area contributed by atoms with Gasteiger partial charge in [-0.1, -0.05) is 6.92 Å². The fourth-order valence-corrected chi connectivity index (χ4v) is 1.94. The molecule has 2 nitrogen and oxygen atoms in total. The highest BCUT2D eigenvalue weighted by molar-refractivity contribution is 6.17. The average molecular weight is 276 g/mol. The van der Waals surface area contributed by atoms with Crippen molar-refractivity contribution in [1.29, 1.82) is 0 Å². The monoisotopic (exact) mass is 275 g/mol. The van der Waals surface area contributed by atoms with Gasteiger partial charge < -0.3 is 5.32 Å². The Balaban J connectivity index is 2.84. The number of halogens is 3. The highest BCUT2D eigenvalue weighted by atomic mass is 35.5. The van der Waals surface area contributed by atoms with E-state index in [9.17, 15) is 13.6 Å². The molecule has 0 bridgehead atoms. The maximum Gasteiger partial charge on any atom is 0.251 e. The van der Waals surface area contributed by atoms with Crippen LogP contribution in [0.1, 0.15) is 37.0 Å². The number of benzene rings is 1. The second-order valence-corrected chi connectivity index (χ2v) is 4.81. The first-order valence-electron chi connectivity index (χ1n) is 5.75. The van der Waals surface area contributed by atoms with Crippen molar-refractivity contribution >= 4 is 17.5 Å². The van der Waals surface area contributed by atoms with Crippen molar-refractivity contribution in [2.24, 2.45) is 0 Å². The molecule has 5 heteroatoms. The Morgan fingerprint density at radius 2 is 2.06 bits per heavy atom. The van der Waals surface area contributed by atoms with Crippen LogP contribution in [0.25, 0.3) is 0 Å². The van der Waals surface area contributed by atoms with Gasteiger partial charge in [-0.2, -0.15) is 0 Å². The largest absolute Gasteiger partial charge is 0.347 e. The molecule has 1 rings (SSSR count). The van der Waals surface area contributed by atoms with Gasteiger partial charge in [-0.05, 0) is 38.0 Å². The number of hydrogen-bond donors (Lipinski definition) is 1. The number of amides is 1. The summed E-state index contributed by atoms with van der Waals surface area (Å²) in [6, 6.07) is 3.08. The van der Waals surface area contributed by atoms with E-state index in [-0.39, 0.29) is 5.56 Å². The second-order valence-electron chi connectivity index (χ2n) is 4.44. The van der Waals surface area contributed by atoms with Gasteiger partial charge in [-0.15, -0.1) is 11.6 Å². The maximum absolute atomic E-state index is 13.0. The summed E-state index contributed by atoms with van der Waals surface area (Å²) in [6.07, 6.45) is 1.32. The number of hydrogen-bond acceptors (Lipinski definition) is 1. The zero-order valence-electron chi connectivity index (χ0n) is 10.4. The third-order valence-electron chi connectivity index (χ3n) is 3.02. The Labute approximate surface area is 110 Å². The minimum Gasteiger partial charge on any atom is -0.347 e. The van der Waals surface area contributed by atoms with Crippen LogP contribution >= 0.6 is 11.6 Å². The molecule has 0 aliphatic carbocycles. The number of carbonyl (C=O) groups is 1. The number of nitrogens with one attached hydrogen (secondary N) is 1. The molecule has 0 aliphatic rings. The van der Waals surface area contributed by atoms with Crippen molar-refractivity contribution in [3.8, 4) is 0 Å². The first-order valence-corrected chi connectivity index (χ1v) is 6.29. The molecule has 1 unspecified atom stereocenters. The van der Waals surface area contributed by atoms with E-state index in [1.807, 2.05) is 13.8 Å². The summed E-state index contributed by atoms with van der Waals surface area (Å²) in [4.78, 5) is 11.9. The molecular weight excluding hydrogens is 260 g/mol. The standard InChI is InChI=1S/C13H16ClF2NO/c1-3-13(2,6-7-14)17-12(18)9-4-5-10(15)11(16)8-9/h4-5,8H,3,6-7H2,1-2H3,(H,17,18). The normalized spacial score (nSPS) is 14.1. The molecule has 1 amide bonds. The van der Waals surface area contributed by atoms with Crippen molar-refractivity contribution in [3.05, 3.63) is 35.4 Å². The first-order chi connectivity index (χ1) is 8.41. The molecular formula is C13H16ClF2NO. The lowest BCUT2D eigenvalue weighted by Crippen LogP contribution is -2.45. The quantitative estimate of drug-likeness (QED) is 0.819. The Kier molecular flexibility index (Phi) is 5.08. The number of rotatable bonds is 5. The topological polar surface area (TPSA) is 29.1 Å². The van der Waals surface area contributed by atoms with Gasteiger partial charge in [0, 0.05) is 17.0 Å². The zero-order valence-corrected chi connectivity index (χ0v) is 11.2. The molecule has 1 N–H and O–H groups in total. The summed E-state index contributed by atoms with van der Waals surface area (Å²) in [5.41, 5.74) is -0.341. The van der Waals surface area contributed by atoms with Crippen molar-refractivity contribution in [2.45, 2.75) is 32.2 Å². The Hall–Kier alpha value is -1.16. The summed E-state index contributed by atoms with van der Waals surface area (Å²) in [7, 11) is 0. The summed E-state index contributed by atoms with van der Waals surface area (Å²) in [5, 5.41) is 2.79. The average Bonchev–Trinajstić information content (AvgIpc) is 2.32. The van der Waals surface area contributed by atoms with E-state index < -0.39 is 23.1 Å². The summed E-state index contributed by atoms with van der Waals surface area (Å²) < 4.78 is 25.8. The lowest BCUT2D eigenvalue weighted by molar-refractivity contribution is 0.0901. The molecule has 1 aromatic carbocycles. The van der Waals surface area contributed by atoms with E-state index in [2.05, 4.69) is 5.32 Å². The van der Waals surface area contributed by atoms with Crippen molar-refractivity contribution in [2.75, 3.05) is 5.88 Å². The molecule has 1 atom stereocenters. The minimum atomic E-state index is -1.03. The van der Waals surface area contributed by atoms with Crippen molar-refractivity contribution in [1.82, 2.24) is 5.32 Å². The molecule has 18 heavy (non-hydrogen) atoms. The van der Waals surface area contributed by atoms with E-state index in [0.29, 0.717) is 18.7 Å². The van der Waals surface area contributed by atoms with Crippen LogP contribution in [-0.2, 0) is 0 Å². The zero-order chi connectivity index (χ0) is 13.8. The van der Waals surface area contributed by atoms with Gasteiger partial charge >= 0.3 is 0 Å². The maximum atomic E-state index is 13.0. The smallest absolute Gasteiger partial charge is 0.251 e. The van der Waals surface area contributed by atoms with E-state index >= 15 is 0 Å². The van der Waals surface area contributed by atoms with E-state index in [1.54, 1.807) is 0 Å². The molecule has 0 saturated heterocycles. The number of alkyl halides is 1. The predicted molar refractivity (Wildman–Crippen MR) is 67.9 cm³/mol. The SMILES string of the molecule is CCC(C)(CCCl)NC(=O)c1ccc(F)c(F)c1. The van der Waals surface area contributed by atoms with E-state index in [1.165, 1.54) is 6.07 Å². The highest BCUT2D eigenvalue weighted by Crippen LogP contribution is 2.17. The lowest BCUT2D eigenvalue weighted by atomic mass is 9.95. The predicted octanol–water partition coefficient (Wildman–Crippen LogP) is 3.49. The van der Waals surface area contributed by atoms with Gasteiger partial charge in [-0.25, -0.2) is 8.78 Å². The third-order valence-corrected chi connectivity index (χ3v) is 3.21. The fourth-order valence-electron chi connectivity index (χ4n) is 1.52. The molecule has 100 valence electrons.